The summed E-state index contributed by atoms with van der Waals surface area (Å²) >= 11 is 0. The van der Waals surface area contributed by atoms with E-state index < -0.39 is 16.6 Å². The van der Waals surface area contributed by atoms with Crippen molar-refractivity contribution in [3.05, 3.63) is 151 Å². The molecule has 0 radical (unpaired) electrons. The highest BCUT2D eigenvalue weighted by molar-refractivity contribution is 7.47. The van der Waals surface area contributed by atoms with Crippen LogP contribution in [0.4, 0.5) is 0 Å². The van der Waals surface area contributed by atoms with Crippen LogP contribution < -0.4 is 13.6 Å². The van der Waals surface area contributed by atoms with E-state index in [1.165, 1.54) is 11.1 Å². The van der Waals surface area contributed by atoms with Crippen LogP contribution in [0.1, 0.15) is 5.56 Å². The molecule has 5 nitrogen and oxygen atoms in total. The molecule has 1 atom stereocenters. The largest absolute Gasteiger partial charge is 0.453 e. The highest BCUT2D eigenvalue weighted by atomic mass is 31.2. The quantitative estimate of drug-likeness (QED) is 0.181. The van der Waals surface area contributed by atoms with Gasteiger partial charge in [-0.15, -0.1) is 0 Å². The summed E-state index contributed by atoms with van der Waals surface area (Å²) in [5, 5.41) is 1.95. The lowest BCUT2D eigenvalue weighted by Gasteiger charge is -2.18. The third-order valence-electron chi connectivity index (χ3n) is 7.52. The average molecular weight is 613 g/mol. The summed E-state index contributed by atoms with van der Waals surface area (Å²) in [6.07, 6.45) is 0.687. The standard InChI is InChI=1S/C37H26O5P2/c1-2-15-29-27(12-1)25-43(39-35-21-8-4-17-31(29)35)38-28-14-11-13-26(24-28)30-16-3-7-20-34(30)40-44-41-36-22-9-5-18-32(36)33-19-6-10-23-37(33)42-44/h1-24H,25H2. The van der Waals surface area contributed by atoms with Crippen molar-refractivity contribution >= 4 is 38.6 Å². The molecule has 1 aliphatic heterocycles. The molecule has 0 N–H and O–H groups in total. The molecule has 0 amide bonds. The Hall–Kier alpha value is -4.95. The number of hydrogen-bond acceptors (Lipinski definition) is 5. The average Bonchev–Trinajstić information content (AvgIpc) is 3.32. The van der Waals surface area contributed by atoms with Crippen molar-refractivity contribution in [3.8, 4) is 39.5 Å². The first-order chi connectivity index (χ1) is 21.8. The lowest BCUT2D eigenvalue weighted by atomic mass is 10.00. The van der Waals surface area contributed by atoms with Gasteiger partial charge in [-0.05, 0) is 53.1 Å². The number of para-hydroxylation sites is 4. The highest BCUT2D eigenvalue weighted by Gasteiger charge is 2.25. The molecule has 0 fully saturated rings. The fourth-order valence-electron chi connectivity index (χ4n) is 5.48. The molecule has 44 heavy (non-hydrogen) atoms. The molecule has 6 aromatic carbocycles. The zero-order valence-corrected chi connectivity index (χ0v) is 25.3. The minimum absolute atomic E-state index is 0.659. The Morgan fingerprint density at radius 3 is 1.95 bits per heavy atom. The first-order valence-electron chi connectivity index (χ1n) is 14.3. The van der Waals surface area contributed by atoms with Crippen LogP contribution in [0.5, 0.6) is 17.2 Å². The Labute approximate surface area is 256 Å². The maximum atomic E-state index is 6.55. The van der Waals surface area contributed by atoms with Crippen LogP contribution in [0.3, 0.4) is 0 Å². The second kappa shape index (κ2) is 11.6. The van der Waals surface area contributed by atoms with Crippen LogP contribution >= 0.6 is 16.6 Å². The minimum atomic E-state index is -1.78. The molecule has 1 aliphatic rings. The van der Waals surface area contributed by atoms with Crippen LogP contribution in [0.25, 0.3) is 44.2 Å². The minimum Gasteiger partial charge on any atom is -0.438 e. The van der Waals surface area contributed by atoms with Crippen molar-refractivity contribution in [2.45, 2.75) is 6.16 Å². The topological polar surface area (TPSA) is 54.0 Å². The van der Waals surface area contributed by atoms with Crippen LogP contribution in [0, 0.1) is 0 Å². The number of hydrogen-bond donors (Lipinski definition) is 0. The summed E-state index contributed by atoms with van der Waals surface area (Å²) in [5.41, 5.74) is 6.80. The van der Waals surface area contributed by atoms with Crippen molar-refractivity contribution < 1.29 is 22.0 Å². The van der Waals surface area contributed by atoms with E-state index in [1.54, 1.807) is 0 Å². The SMILES string of the molecule is c1cc(OP2Cc3ccccc3-c3ccccc3O2)cc(-c2ccccc2Op2oc3ccccc3c3ccccc3o2)c1. The first kappa shape index (κ1) is 26.7. The first-order valence-corrected chi connectivity index (χ1v) is 16.8. The molecule has 0 saturated heterocycles. The molecule has 0 saturated carbocycles. The van der Waals surface area contributed by atoms with Gasteiger partial charge in [0.15, 0.2) is 0 Å². The summed E-state index contributed by atoms with van der Waals surface area (Å²) in [6.45, 7) is 0. The zero-order valence-electron chi connectivity index (χ0n) is 23.5. The molecule has 7 heteroatoms. The Balaban J connectivity index is 1.13. The van der Waals surface area contributed by atoms with Crippen molar-refractivity contribution in [2.75, 3.05) is 0 Å². The van der Waals surface area contributed by atoms with Gasteiger partial charge in [-0.3, -0.25) is 0 Å². The third-order valence-corrected chi connectivity index (χ3v) is 9.97. The maximum absolute atomic E-state index is 6.55. The van der Waals surface area contributed by atoms with Gasteiger partial charge in [-0.2, -0.15) is 0 Å². The predicted octanol–water partition coefficient (Wildman–Crippen LogP) is 11.7. The van der Waals surface area contributed by atoms with Crippen LogP contribution in [0.15, 0.2) is 154 Å². The van der Waals surface area contributed by atoms with E-state index in [0.29, 0.717) is 11.9 Å². The molecule has 7 aromatic rings. The molecular formula is C37H26O5P2. The molecule has 0 bridgehead atoms. The van der Waals surface area contributed by atoms with E-state index in [9.17, 15) is 0 Å². The highest BCUT2D eigenvalue weighted by Crippen LogP contribution is 2.51. The van der Waals surface area contributed by atoms with Gasteiger partial charge in [0.25, 0.3) is 8.38 Å². The lowest BCUT2D eigenvalue weighted by Crippen LogP contribution is -1.97. The van der Waals surface area contributed by atoms with E-state index in [2.05, 4.69) is 30.3 Å². The van der Waals surface area contributed by atoms with Crippen molar-refractivity contribution in [1.29, 1.82) is 0 Å². The second-order valence-electron chi connectivity index (χ2n) is 10.3. The van der Waals surface area contributed by atoms with Gasteiger partial charge < -0.3 is 22.0 Å². The summed E-state index contributed by atoms with van der Waals surface area (Å²) < 4.78 is 32.1. The van der Waals surface area contributed by atoms with Gasteiger partial charge in [0.2, 0.25) is 0 Å². The van der Waals surface area contributed by atoms with E-state index in [4.69, 9.17) is 22.0 Å². The summed E-state index contributed by atoms with van der Waals surface area (Å²) in [7, 11) is -3.05. The van der Waals surface area contributed by atoms with E-state index in [0.717, 1.165) is 50.1 Å². The van der Waals surface area contributed by atoms with Crippen molar-refractivity contribution in [2.24, 2.45) is 0 Å². The van der Waals surface area contributed by atoms with E-state index in [1.807, 2.05) is 115 Å². The van der Waals surface area contributed by atoms with Gasteiger partial charge in [0.1, 0.15) is 28.4 Å². The smallest absolute Gasteiger partial charge is 0.438 e. The monoisotopic (exact) mass is 612 g/mol. The van der Waals surface area contributed by atoms with Crippen LogP contribution in [-0.4, -0.2) is 0 Å². The number of benzene rings is 6. The molecule has 214 valence electrons. The number of fused-ring (bicyclic) bond motifs is 6. The molecule has 8 rings (SSSR count). The van der Waals surface area contributed by atoms with Gasteiger partial charge in [0.05, 0.1) is 6.16 Å². The van der Waals surface area contributed by atoms with Crippen LogP contribution in [-0.2, 0) is 6.16 Å². The summed E-state index contributed by atoms with van der Waals surface area (Å²) in [4.78, 5) is 0. The van der Waals surface area contributed by atoms with Crippen molar-refractivity contribution in [3.63, 3.8) is 0 Å². The summed E-state index contributed by atoms with van der Waals surface area (Å²) in [6, 6.07) is 48.4. The third kappa shape index (κ3) is 5.22. The predicted molar refractivity (Wildman–Crippen MR) is 178 cm³/mol. The lowest BCUT2D eigenvalue weighted by molar-refractivity contribution is 0.491. The van der Waals surface area contributed by atoms with Gasteiger partial charge in [-0.1, -0.05) is 109 Å². The fraction of sp³-hybridized carbons (Fsp3) is 0.0270. The summed E-state index contributed by atoms with van der Waals surface area (Å²) in [5.74, 6) is 2.23. The Bertz CT molecular complexity index is 2070. The van der Waals surface area contributed by atoms with Crippen molar-refractivity contribution in [1.82, 2.24) is 0 Å². The second-order valence-corrected chi connectivity index (χ2v) is 12.7. The Kier molecular flexibility index (Phi) is 7.04. The number of rotatable bonds is 5. The zero-order chi connectivity index (χ0) is 29.3. The molecule has 1 aromatic heterocycles. The van der Waals surface area contributed by atoms with Gasteiger partial charge >= 0.3 is 8.24 Å². The molecule has 0 spiro atoms. The molecule has 1 unspecified atom stereocenters. The van der Waals surface area contributed by atoms with E-state index in [-0.39, 0.29) is 0 Å². The fourth-order valence-corrected chi connectivity index (χ4v) is 8.00. The molecular weight excluding hydrogens is 586 g/mol. The normalized spacial score (nSPS) is 13.8. The molecule has 0 aliphatic carbocycles. The Morgan fingerprint density at radius 2 is 1.16 bits per heavy atom. The molecule has 2 heterocycles. The van der Waals surface area contributed by atoms with Gasteiger partial charge in [0, 0.05) is 21.9 Å². The van der Waals surface area contributed by atoms with Gasteiger partial charge in [-0.25, -0.2) is 0 Å². The Morgan fingerprint density at radius 1 is 0.523 bits per heavy atom. The van der Waals surface area contributed by atoms with E-state index >= 15 is 0 Å². The van der Waals surface area contributed by atoms with Crippen LogP contribution in [0.2, 0.25) is 0 Å². The maximum Gasteiger partial charge on any atom is 0.453 e.